The standard InChI is InChI=1S/C11H16N2OS/c1-7(2)5-6-9(14)11-10(8(3)4)12-13-15-11/h8H,1,5-6H2,2-4H3. The maximum absolute atomic E-state index is 11.8. The minimum Gasteiger partial charge on any atom is -0.293 e. The molecule has 82 valence electrons. The van der Waals surface area contributed by atoms with Crippen LogP contribution in [0.5, 0.6) is 0 Å². The highest BCUT2D eigenvalue weighted by Gasteiger charge is 2.17. The molecule has 0 saturated heterocycles. The van der Waals surface area contributed by atoms with Crippen molar-refractivity contribution in [3.8, 4) is 0 Å². The van der Waals surface area contributed by atoms with Crippen molar-refractivity contribution in [2.24, 2.45) is 0 Å². The number of carbonyl (C=O) groups is 1. The van der Waals surface area contributed by atoms with E-state index >= 15 is 0 Å². The van der Waals surface area contributed by atoms with Gasteiger partial charge in [0.2, 0.25) is 0 Å². The van der Waals surface area contributed by atoms with Crippen LogP contribution in [-0.2, 0) is 0 Å². The van der Waals surface area contributed by atoms with Gasteiger partial charge in [-0.05, 0) is 30.8 Å². The van der Waals surface area contributed by atoms with Gasteiger partial charge in [-0.3, -0.25) is 4.79 Å². The van der Waals surface area contributed by atoms with Crippen LogP contribution >= 0.6 is 11.5 Å². The number of nitrogens with zero attached hydrogens (tertiary/aromatic N) is 2. The van der Waals surface area contributed by atoms with E-state index in [-0.39, 0.29) is 11.7 Å². The van der Waals surface area contributed by atoms with Crippen LogP contribution in [0.15, 0.2) is 12.2 Å². The fourth-order valence-electron chi connectivity index (χ4n) is 1.21. The Morgan fingerprint density at radius 3 is 2.67 bits per heavy atom. The van der Waals surface area contributed by atoms with Crippen LogP contribution in [0.25, 0.3) is 0 Å². The molecule has 1 rings (SSSR count). The maximum Gasteiger partial charge on any atom is 0.176 e. The van der Waals surface area contributed by atoms with Crippen molar-refractivity contribution in [2.75, 3.05) is 0 Å². The summed E-state index contributed by atoms with van der Waals surface area (Å²) < 4.78 is 3.84. The molecule has 0 aliphatic heterocycles. The molecule has 0 saturated carbocycles. The highest BCUT2D eigenvalue weighted by atomic mass is 32.1. The molecule has 1 aromatic rings. The molecule has 0 fully saturated rings. The van der Waals surface area contributed by atoms with Crippen molar-refractivity contribution < 1.29 is 4.79 Å². The quantitative estimate of drug-likeness (QED) is 0.569. The van der Waals surface area contributed by atoms with Gasteiger partial charge in [-0.15, -0.1) is 11.7 Å². The number of allylic oxidation sites excluding steroid dienone is 1. The van der Waals surface area contributed by atoms with Crippen LogP contribution in [0.2, 0.25) is 0 Å². The summed E-state index contributed by atoms with van der Waals surface area (Å²) in [4.78, 5) is 12.5. The number of ketones is 1. The van der Waals surface area contributed by atoms with Crippen LogP contribution < -0.4 is 0 Å². The van der Waals surface area contributed by atoms with Crippen LogP contribution in [0.3, 0.4) is 0 Å². The molecule has 3 nitrogen and oxygen atoms in total. The first-order chi connectivity index (χ1) is 7.02. The molecule has 0 aromatic carbocycles. The Kier molecular flexibility index (Phi) is 4.15. The smallest absolute Gasteiger partial charge is 0.176 e. The molecule has 0 bridgehead atoms. The minimum atomic E-state index is 0.136. The largest absolute Gasteiger partial charge is 0.293 e. The van der Waals surface area contributed by atoms with E-state index in [1.165, 1.54) is 11.5 Å². The van der Waals surface area contributed by atoms with Gasteiger partial charge in [0, 0.05) is 6.42 Å². The first kappa shape index (κ1) is 12.0. The minimum absolute atomic E-state index is 0.136. The van der Waals surface area contributed by atoms with E-state index in [2.05, 4.69) is 16.2 Å². The van der Waals surface area contributed by atoms with Crippen LogP contribution in [0.4, 0.5) is 0 Å². The molecule has 0 amide bonds. The molecular formula is C11H16N2OS. The van der Waals surface area contributed by atoms with E-state index in [1.54, 1.807) is 0 Å². The summed E-state index contributed by atoms with van der Waals surface area (Å²) in [5.74, 6) is 0.393. The lowest BCUT2D eigenvalue weighted by molar-refractivity contribution is 0.0985. The molecule has 1 aromatic heterocycles. The summed E-state index contributed by atoms with van der Waals surface area (Å²) >= 11 is 1.20. The van der Waals surface area contributed by atoms with Gasteiger partial charge in [-0.25, -0.2) is 0 Å². The Bertz CT molecular complexity index is 368. The lowest BCUT2D eigenvalue weighted by atomic mass is 10.0. The van der Waals surface area contributed by atoms with E-state index in [4.69, 9.17) is 0 Å². The van der Waals surface area contributed by atoms with Crippen molar-refractivity contribution in [3.63, 3.8) is 0 Å². The summed E-state index contributed by atoms with van der Waals surface area (Å²) in [5, 5.41) is 3.99. The SMILES string of the molecule is C=C(C)CCC(=O)c1snnc1C(C)C. The van der Waals surface area contributed by atoms with E-state index in [0.717, 1.165) is 17.7 Å². The molecule has 0 atom stereocenters. The van der Waals surface area contributed by atoms with E-state index in [1.807, 2.05) is 20.8 Å². The number of aromatic nitrogens is 2. The highest BCUT2D eigenvalue weighted by Crippen LogP contribution is 2.22. The van der Waals surface area contributed by atoms with Gasteiger partial charge in [-0.1, -0.05) is 23.9 Å². The fraction of sp³-hybridized carbons (Fsp3) is 0.545. The topological polar surface area (TPSA) is 42.9 Å². The lowest BCUT2D eigenvalue weighted by Gasteiger charge is -2.02. The second-order valence-electron chi connectivity index (χ2n) is 4.02. The number of rotatable bonds is 5. The summed E-state index contributed by atoms with van der Waals surface area (Å²) in [6, 6.07) is 0. The van der Waals surface area contributed by atoms with Gasteiger partial charge in [-0.2, -0.15) is 0 Å². The van der Waals surface area contributed by atoms with Gasteiger partial charge < -0.3 is 0 Å². The average Bonchev–Trinajstić information content (AvgIpc) is 2.62. The molecule has 0 spiro atoms. The van der Waals surface area contributed by atoms with Crippen molar-refractivity contribution >= 4 is 17.3 Å². The zero-order valence-electron chi connectivity index (χ0n) is 9.41. The lowest BCUT2D eigenvalue weighted by Crippen LogP contribution is -2.02. The first-order valence-electron chi connectivity index (χ1n) is 5.02. The van der Waals surface area contributed by atoms with Gasteiger partial charge in [0.25, 0.3) is 0 Å². The third-order valence-electron chi connectivity index (χ3n) is 2.09. The monoisotopic (exact) mass is 224 g/mol. The van der Waals surface area contributed by atoms with E-state index < -0.39 is 0 Å². The summed E-state index contributed by atoms with van der Waals surface area (Å²) in [5.41, 5.74) is 1.86. The van der Waals surface area contributed by atoms with E-state index in [0.29, 0.717) is 11.3 Å². The maximum atomic E-state index is 11.8. The van der Waals surface area contributed by atoms with Crippen molar-refractivity contribution in [1.82, 2.24) is 9.59 Å². The molecule has 0 N–H and O–H groups in total. The van der Waals surface area contributed by atoms with Crippen LogP contribution in [0.1, 0.15) is 54.9 Å². The molecule has 0 radical (unpaired) electrons. The fourth-order valence-corrected chi connectivity index (χ4v) is 1.99. The third-order valence-corrected chi connectivity index (χ3v) is 2.87. The zero-order chi connectivity index (χ0) is 11.4. The molecule has 0 aliphatic rings. The highest BCUT2D eigenvalue weighted by molar-refractivity contribution is 7.08. The van der Waals surface area contributed by atoms with Crippen LogP contribution in [0, 0.1) is 0 Å². The van der Waals surface area contributed by atoms with Gasteiger partial charge in [0.1, 0.15) is 4.88 Å². The van der Waals surface area contributed by atoms with Crippen LogP contribution in [-0.4, -0.2) is 15.4 Å². The van der Waals surface area contributed by atoms with Crippen molar-refractivity contribution in [1.29, 1.82) is 0 Å². The van der Waals surface area contributed by atoms with Gasteiger partial charge in [0.05, 0.1) is 5.69 Å². The molecule has 0 aliphatic carbocycles. The van der Waals surface area contributed by atoms with Crippen molar-refractivity contribution in [2.45, 2.75) is 39.5 Å². The van der Waals surface area contributed by atoms with E-state index in [9.17, 15) is 4.79 Å². The summed E-state index contributed by atoms with van der Waals surface area (Å²) in [6.45, 7) is 9.76. The molecular weight excluding hydrogens is 208 g/mol. The zero-order valence-corrected chi connectivity index (χ0v) is 10.2. The molecule has 15 heavy (non-hydrogen) atoms. The third kappa shape index (κ3) is 3.23. The molecule has 1 heterocycles. The number of hydrogen-bond donors (Lipinski definition) is 0. The normalized spacial score (nSPS) is 10.7. The number of hydrogen-bond acceptors (Lipinski definition) is 4. The molecule has 4 heteroatoms. The van der Waals surface area contributed by atoms with Gasteiger partial charge in [0.15, 0.2) is 5.78 Å². The Morgan fingerprint density at radius 2 is 2.13 bits per heavy atom. The number of Topliss-reactive ketones (excluding diaryl/α,β-unsaturated/α-hetero) is 1. The van der Waals surface area contributed by atoms with Gasteiger partial charge >= 0.3 is 0 Å². The second kappa shape index (κ2) is 5.16. The predicted octanol–water partition coefficient (Wildman–Crippen LogP) is 3.20. The molecule has 0 unspecified atom stereocenters. The summed E-state index contributed by atoms with van der Waals surface area (Å²) in [7, 11) is 0. The second-order valence-corrected chi connectivity index (χ2v) is 4.78. The Hall–Kier alpha value is -1.03. The average molecular weight is 224 g/mol. The summed E-state index contributed by atoms with van der Waals surface area (Å²) in [6.07, 6.45) is 1.26. The predicted molar refractivity (Wildman–Crippen MR) is 62.4 cm³/mol. The Morgan fingerprint density at radius 1 is 1.47 bits per heavy atom. The Balaban J connectivity index is 2.73. The van der Waals surface area contributed by atoms with Crippen molar-refractivity contribution in [3.05, 3.63) is 22.7 Å². The Labute approximate surface area is 94.4 Å². The number of carbonyl (C=O) groups excluding carboxylic acids is 1. The first-order valence-corrected chi connectivity index (χ1v) is 5.79.